The third kappa shape index (κ3) is 1.83. The lowest BCUT2D eigenvalue weighted by Crippen LogP contribution is -2.07. The molecule has 1 aromatic carbocycles. The van der Waals surface area contributed by atoms with E-state index in [0.717, 1.165) is 0 Å². The Morgan fingerprint density at radius 3 is 2.60 bits per heavy atom. The van der Waals surface area contributed by atoms with E-state index in [4.69, 9.17) is 5.73 Å². The van der Waals surface area contributed by atoms with Gasteiger partial charge in [-0.15, -0.1) is 0 Å². The fourth-order valence-corrected chi connectivity index (χ4v) is 1.26. The van der Waals surface area contributed by atoms with Gasteiger partial charge in [0.05, 0.1) is 5.56 Å². The summed E-state index contributed by atoms with van der Waals surface area (Å²) in [6, 6.07) is 8.91. The van der Waals surface area contributed by atoms with Gasteiger partial charge in [0.25, 0.3) is 0 Å². The van der Waals surface area contributed by atoms with Crippen molar-refractivity contribution < 1.29 is 4.79 Å². The summed E-state index contributed by atoms with van der Waals surface area (Å²) in [5, 5.41) is 0. The molecule has 2 N–H and O–H groups in total. The van der Waals surface area contributed by atoms with Gasteiger partial charge in [0, 0.05) is 11.8 Å². The van der Waals surface area contributed by atoms with Crippen LogP contribution in [0.2, 0.25) is 0 Å². The number of ketones is 1. The molecule has 4 heteroatoms. The summed E-state index contributed by atoms with van der Waals surface area (Å²) in [5.41, 5.74) is 6.51. The smallest absolute Gasteiger partial charge is 0.198 e. The Labute approximate surface area is 86.8 Å². The fraction of sp³-hybridized carbons (Fsp3) is 0. The molecule has 0 aliphatic carbocycles. The first kappa shape index (κ1) is 9.33. The highest BCUT2D eigenvalue weighted by Gasteiger charge is 2.12. The third-order valence-corrected chi connectivity index (χ3v) is 2.02. The van der Waals surface area contributed by atoms with Crippen LogP contribution in [0.5, 0.6) is 0 Å². The number of nitrogens with zero attached hydrogens (tertiary/aromatic N) is 2. The normalized spacial score (nSPS) is 9.87. The minimum atomic E-state index is -0.159. The molecule has 0 fully saturated rings. The van der Waals surface area contributed by atoms with Gasteiger partial charge in [-0.25, -0.2) is 9.97 Å². The molecule has 0 unspecified atom stereocenters. The van der Waals surface area contributed by atoms with Crippen molar-refractivity contribution in [3.05, 3.63) is 54.0 Å². The van der Waals surface area contributed by atoms with Gasteiger partial charge < -0.3 is 5.73 Å². The quantitative estimate of drug-likeness (QED) is 0.740. The summed E-state index contributed by atoms with van der Waals surface area (Å²) in [5.74, 6) is 0.0487. The second kappa shape index (κ2) is 3.88. The highest BCUT2D eigenvalue weighted by atomic mass is 16.1. The van der Waals surface area contributed by atoms with Crippen molar-refractivity contribution in [1.29, 1.82) is 0 Å². The van der Waals surface area contributed by atoms with E-state index >= 15 is 0 Å². The zero-order chi connectivity index (χ0) is 10.7. The summed E-state index contributed by atoms with van der Waals surface area (Å²) in [4.78, 5) is 19.5. The van der Waals surface area contributed by atoms with Crippen LogP contribution in [-0.4, -0.2) is 15.8 Å². The lowest BCUT2D eigenvalue weighted by molar-refractivity contribution is 0.103. The molecule has 0 saturated heterocycles. The van der Waals surface area contributed by atoms with Gasteiger partial charge in [-0.1, -0.05) is 30.3 Å². The molecule has 2 aromatic rings. The van der Waals surface area contributed by atoms with Gasteiger partial charge in [0.2, 0.25) is 0 Å². The van der Waals surface area contributed by atoms with E-state index < -0.39 is 0 Å². The van der Waals surface area contributed by atoms with Gasteiger partial charge >= 0.3 is 0 Å². The SMILES string of the molecule is Nc1ncncc1C(=O)c1ccccc1. The Hall–Kier alpha value is -2.23. The number of nitrogen functional groups attached to an aromatic ring is 1. The van der Waals surface area contributed by atoms with Crippen LogP contribution in [0.1, 0.15) is 15.9 Å². The first-order valence-electron chi connectivity index (χ1n) is 4.44. The third-order valence-electron chi connectivity index (χ3n) is 2.02. The minimum absolute atomic E-state index is 0.159. The van der Waals surface area contributed by atoms with Crippen LogP contribution in [-0.2, 0) is 0 Å². The molecule has 0 bridgehead atoms. The van der Waals surface area contributed by atoms with Crippen LogP contribution in [0.25, 0.3) is 0 Å². The van der Waals surface area contributed by atoms with E-state index in [0.29, 0.717) is 11.1 Å². The van der Waals surface area contributed by atoms with E-state index in [1.54, 1.807) is 24.3 Å². The van der Waals surface area contributed by atoms with E-state index in [9.17, 15) is 4.79 Å². The Balaban J connectivity index is 2.42. The molecule has 74 valence electrons. The first-order chi connectivity index (χ1) is 7.29. The average molecular weight is 199 g/mol. The molecular weight excluding hydrogens is 190 g/mol. The Bertz CT molecular complexity index is 482. The molecule has 15 heavy (non-hydrogen) atoms. The van der Waals surface area contributed by atoms with Crippen molar-refractivity contribution in [3.8, 4) is 0 Å². The number of carbonyl (C=O) groups excluding carboxylic acids is 1. The molecule has 0 aliphatic heterocycles. The van der Waals surface area contributed by atoms with Crippen LogP contribution in [0.4, 0.5) is 5.82 Å². The van der Waals surface area contributed by atoms with Crippen LogP contribution in [0.3, 0.4) is 0 Å². The average Bonchev–Trinajstić information content (AvgIpc) is 2.30. The van der Waals surface area contributed by atoms with Crippen LogP contribution in [0, 0.1) is 0 Å². The maximum Gasteiger partial charge on any atom is 0.198 e. The van der Waals surface area contributed by atoms with E-state index in [-0.39, 0.29) is 11.6 Å². The van der Waals surface area contributed by atoms with Crippen molar-refractivity contribution in [2.75, 3.05) is 5.73 Å². The topological polar surface area (TPSA) is 68.9 Å². The Kier molecular flexibility index (Phi) is 2.41. The van der Waals surface area contributed by atoms with Gasteiger partial charge in [0.1, 0.15) is 12.1 Å². The van der Waals surface area contributed by atoms with Crippen LogP contribution < -0.4 is 5.73 Å². The van der Waals surface area contributed by atoms with Gasteiger partial charge in [0.15, 0.2) is 5.78 Å². The number of nitrogens with two attached hydrogens (primary N) is 1. The number of hydrogen-bond donors (Lipinski definition) is 1. The Morgan fingerprint density at radius 2 is 1.93 bits per heavy atom. The molecule has 4 nitrogen and oxygen atoms in total. The van der Waals surface area contributed by atoms with E-state index in [1.807, 2.05) is 6.07 Å². The van der Waals surface area contributed by atoms with Crippen LogP contribution in [0.15, 0.2) is 42.9 Å². The lowest BCUT2D eigenvalue weighted by atomic mass is 10.1. The van der Waals surface area contributed by atoms with Gasteiger partial charge in [-0.3, -0.25) is 4.79 Å². The molecule has 1 heterocycles. The zero-order valence-corrected chi connectivity index (χ0v) is 7.92. The minimum Gasteiger partial charge on any atom is -0.383 e. The number of hydrogen-bond acceptors (Lipinski definition) is 4. The highest BCUT2D eigenvalue weighted by Crippen LogP contribution is 2.12. The summed E-state index contributed by atoms with van der Waals surface area (Å²) in [7, 11) is 0. The highest BCUT2D eigenvalue weighted by molar-refractivity contribution is 6.11. The molecule has 0 aliphatic rings. The largest absolute Gasteiger partial charge is 0.383 e. The van der Waals surface area contributed by atoms with Crippen molar-refractivity contribution in [2.24, 2.45) is 0 Å². The van der Waals surface area contributed by atoms with Crippen molar-refractivity contribution in [3.63, 3.8) is 0 Å². The fourth-order valence-electron chi connectivity index (χ4n) is 1.26. The number of carbonyl (C=O) groups is 1. The molecule has 1 aromatic heterocycles. The summed E-state index contributed by atoms with van der Waals surface area (Å²) >= 11 is 0. The summed E-state index contributed by atoms with van der Waals surface area (Å²) in [6.45, 7) is 0. The van der Waals surface area contributed by atoms with E-state index in [1.165, 1.54) is 12.5 Å². The van der Waals surface area contributed by atoms with Crippen molar-refractivity contribution in [2.45, 2.75) is 0 Å². The first-order valence-corrected chi connectivity index (χ1v) is 4.44. The molecule has 2 rings (SSSR count). The second-order valence-electron chi connectivity index (χ2n) is 3.02. The maximum absolute atomic E-state index is 11.9. The standard InChI is InChI=1S/C11H9N3O/c12-11-9(6-13-7-14-11)10(15)8-4-2-1-3-5-8/h1-7H,(H2,12,13,14). The second-order valence-corrected chi connectivity index (χ2v) is 3.02. The monoisotopic (exact) mass is 199 g/mol. The summed E-state index contributed by atoms with van der Waals surface area (Å²) in [6.07, 6.45) is 2.74. The lowest BCUT2D eigenvalue weighted by Gasteiger charge is -2.02. The Morgan fingerprint density at radius 1 is 1.20 bits per heavy atom. The van der Waals surface area contributed by atoms with Crippen molar-refractivity contribution in [1.82, 2.24) is 9.97 Å². The van der Waals surface area contributed by atoms with Gasteiger partial charge in [-0.05, 0) is 0 Å². The predicted octanol–water partition coefficient (Wildman–Crippen LogP) is 1.29. The molecule has 0 atom stereocenters. The number of rotatable bonds is 2. The molecule has 0 spiro atoms. The molecule has 0 saturated carbocycles. The number of benzene rings is 1. The van der Waals surface area contributed by atoms with Crippen LogP contribution >= 0.6 is 0 Å². The number of anilines is 1. The molecule has 0 amide bonds. The zero-order valence-electron chi connectivity index (χ0n) is 7.92. The van der Waals surface area contributed by atoms with Crippen molar-refractivity contribution >= 4 is 11.6 Å². The number of aromatic nitrogens is 2. The molecule has 0 radical (unpaired) electrons. The summed E-state index contributed by atoms with van der Waals surface area (Å²) < 4.78 is 0. The molecular formula is C11H9N3O. The van der Waals surface area contributed by atoms with E-state index in [2.05, 4.69) is 9.97 Å². The van der Waals surface area contributed by atoms with Gasteiger partial charge in [-0.2, -0.15) is 0 Å². The predicted molar refractivity (Wildman–Crippen MR) is 56.3 cm³/mol. The maximum atomic E-state index is 11.9.